The third kappa shape index (κ3) is 5.37. The Kier molecular flexibility index (Phi) is 6.97. The Morgan fingerprint density at radius 3 is 1.89 bits per heavy atom. The first-order valence-electron chi connectivity index (χ1n) is 12.8. The Morgan fingerprint density at radius 1 is 0.500 bits per heavy atom. The van der Waals surface area contributed by atoms with Gasteiger partial charge in [-0.1, -0.05) is 115 Å². The lowest BCUT2D eigenvalue weighted by Gasteiger charge is -2.16. The number of rotatable bonds is 8. The predicted molar refractivity (Wildman–Crippen MR) is 157 cm³/mol. The molecule has 0 aliphatic heterocycles. The van der Waals surface area contributed by atoms with Gasteiger partial charge in [-0.05, 0) is 69.1 Å². The van der Waals surface area contributed by atoms with Crippen LogP contribution in [0.5, 0.6) is 11.5 Å². The summed E-state index contributed by atoms with van der Waals surface area (Å²) in [5.41, 5.74) is 4.57. The van der Waals surface area contributed by atoms with E-state index in [1.54, 1.807) is 0 Å². The molecule has 0 atom stereocenters. The molecule has 6 aromatic carbocycles. The van der Waals surface area contributed by atoms with Crippen molar-refractivity contribution >= 4 is 33.1 Å². The average molecular weight is 515 g/mol. The topological polar surface area (TPSA) is 18.5 Å². The maximum atomic E-state index is 6.47. The third-order valence-electron chi connectivity index (χ3n) is 6.77. The molecule has 0 aliphatic rings. The Hall–Kier alpha value is -4.27. The molecule has 0 heterocycles. The summed E-state index contributed by atoms with van der Waals surface area (Å²) in [7, 11) is 0. The molecular formula is C35H27ClO2. The zero-order chi connectivity index (χ0) is 25.7. The fraction of sp³-hybridized carbons (Fsp3) is 0.0857. The molecular weight excluding hydrogens is 488 g/mol. The summed E-state index contributed by atoms with van der Waals surface area (Å²) in [6, 6.07) is 43.6. The zero-order valence-corrected chi connectivity index (χ0v) is 21.7. The van der Waals surface area contributed by atoms with Crippen molar-refractivity contribution in [2.24, 2.45) is 0 Å². The number of hydrogen-bond donors (Lipinski definition) is 0. The van der Waals surface area contributed by atoms with E-state index in [9.17, 15) is 0 Å². The maximum absolute atomic E-state index is 6.47. The molecule has 0 N–H and O–H groups in total. The van der Waals surface area contributed by atoms with Gasteiger partial charge in [0.15, 0.2) is 11.5 Å². The molecule has 6 rings (SSSR count). The molecule has 0 bridgehead atoms. The number of fused-ring (bicyclic) bond motifs is 2. The molecule has 0 saturated heterocycles. The van der Waals surface area contributed by atoms with Crippen molar-refractivity contribution in [3.05, 3.63) is 155 Å². The highest BCUT2D eigenvalue weighted by atomic mass is 35.5. The van der Waals surface area contributed by atoms with E-state index in [2.05, 4.69) is 66.7 Å². The lowest BCUT2D eigenvalue weighted by atomic mass is 9.98. The lowest BCUT2D eigenvalue weighted by molar-refractivity contribution is 0.259. The van der Waals surface area contributed by atoms with Crippen LogP contribution in [-0.4, -0.2) is 0 Å². The van der Waals surface area contributed by atoms with E-state index >= 15 is 0 Å². The predicted octanol–water partition coefficient (Wildman–Crippen LogP) is 9.40. The van der Waals surface area contributed by atoms with Gasteiger partial charge in [-0.2, -0.15) is 0 Å². The second kappa shape index (κ2) is 11.0. The van der Waals surface area contributed by atoms with Crippen LogP contribution in [-0.2, 0) is 19.6 Å². The van der Waals surface area contributed by atoms with E-state index < -0.39 is 0 Å². The van der Waals surface area contributed by atoms with E-state index in [0.29, 0.717) is 13.2 Å². The summed E-state index contributed by atoms with van der Waals surface area (Å²) in [5, 5.41) is 5.29. The van der Waals surface area contributed by atoms with E-state index in [0.717, 1.165) is 55.8 Å². The van der Waals surface area contributed by atoms with E-state index in [-0.39, 0.29) is 0 Å². The van der Waals surface area contributed by atoms with Crippen LogP contribution in [0.1, 0.15) is 22.3 Å². The van der Waals surface area contributed by atoms with Crippen molar-refractivity contribution in [3.63, 3.8) is 0 Å². The first-order valence-corrected chi connectivity index (χ1v) is 13.2. The number of hydrogen-bond acceptors (Lipinski definition) is 2. The van der Waals surface area contributed by atoms with Crippen LogP contribution < -0.4 is 9.47 Å². The fourth-order valence-electron chi connectivity index (χ4n) is 4.77. The van der Waals surface area contributed by atoms with Crippen LogP contribution in [0.25, 0.3) is 21.5 Å². The molecule has 0 aliphatic carbocycles. The summed E-state index contributed by atoms with van der Waals surface area (Å²) in [4.78, 5) is 0. The molecule has 186 valence electrons. The van der Waals surface area contributed by atoms with E-state index in [1.165, 1.54) is 10.9 Å². The van der Waals surface area contributed by atoms with Crippen molar-refractivity contribution in [3.8, 4) is 11.5 Å². The van der Waals surface area contributed by atoms with Crippen molar-refractivity contribution in [2.45, 2.75) is 19.6 Å². The normalized spacial score (nSPS) is 11.1. The van der Waals surface area contributed by atoms with Gasteiger partial charge in [0, 0.05) is 10.4 Å². The molecule has 0 spiro atoms. The average Bonchev–Trinajstić information content (AvgIpc) is 2.96. The fourth-order valence-corrected chi connectivity index (χ4v) is 4.97. The van der Waals surface area contributed by atoms with Gasteiger partial charge >= 0.3 is 0 Å². The van der Waals surface area contributed by atoms with Gasteiger partial charge < -0.3 is 9.47 Å². The van der Waals surface area contributed by atoms with Crippen LogP contribution in [0.15, 0.2) is 127 Å². The lowest BCUT2D eigenvalue weighted by Crippen LogP contribution is -2.01. The van der Waals surface area contributed by atoms with Gasteiger partial charge in [-0.25, -0.2) is 0 Å². The minimum Gasteiger partial charge on any atom is -0.485 e. The molecule has 0 unspecified atom stereocenters. The molecule has 0 radical (unpaired) electrons. The van der Waals surface area contributed by atoms with Crippen LogP contribution in [0.4, 0.5) is 0 Å². The number of benzene rings is 6. The van der Waals surface area contributed by atoms with Gasteiger partial charge in [-0.15, -0.1) is 0 Å². The van der Waals surface area contributed by atoms with E-state index in [1.807, 2.05) is 60.7 Å². The van der Waals surface area contributed by atoms with E-state index in [4.69, 9.17) is 21.1 Å². The monoisotopic (exact) mass is 514 g/mol. The molecule has 3 heteroatoms. The summed E-state index contributed by atoms with van der Waals surface area (Å²) in [6.45, 7) is 0.940. The molecule has 6 aromatic rings. The van der Waals surface area contributed by atoms with Crippen molar-refractivity contribution in [1.82, 2.24) is 0 Å². The summed E-state index contributed by atoms with van der Waals surface area (Å²) < 4.78 is 12.8. The smallest absolute Gasteiger partial charge is 0.169 e. The maximum Gasteiger partial charge on any atom is 0.169 e. The van der Waals surface area contributed by atoms with Crippen LogP contribution >= 0.6 is 11.6 Å². The first kappa shape index (κ1) is 24.1. The Balaban J connectivity index is 1.39. The molecule has 0 amide bonds. The molecule has 0 fully saturated rings. The van der Waals surface area contributed by atoms with Crippen molar-refractivity contribution in [1.29, 1.82) is 0 Å². The highest BCUT2D eigenvalue weighted by molar-refractivity contribution is 6.31. The van der Waals surface area contributed by atoms with Gasteiger partial charge in [-0.3, -0.25) is 0 Å². The highest BCUT2D eigenvalue weighted by Crippen LogP contribution is 2.39. The third-order valence-corrected chi connectivity index (χ3v) is 7.14. The molecule has 0 saturated carbocycles. The van der Waals surface area contributed by atoms with Crippen molar-refractivity contribution in [2.75, 3.05) is 0 Å². The first-order chi connectivity index (χ1) is 18.7. The second-order valence-corrected chi connectivity index (χ2v) is 9.87. The second-order valence-electron chi connectivity index (χ2n) is 9.46. The summed E-state index contributed by atoms with van der Waals surface area (Å²) >= 11 is 6.44. The number of ether oxygens (including phenoxy) is 2. The van der Waals surface area contributed by atoms with Crippen molar-refractivity contribution < 1.29 is 9.47 Å². The Morgan fingerprint density at radius 2 is 1.16 bits per heavy atom. The quantitative estimate of drug-likeness (QED) is 0.188. The number of halogens is 1. The van der Waals surface area contributed by atoms with Crippen LogP contribution in [0, 0.1) is 0 Å². The summed E-state index contributed by atoms with van der Waals surface area (Å²) in [5.74, 6) is 1.50. The zero-order valence-electron chi connectivity index (χ0n) is 20.9. The molecule has 2 nitrogen and oxygen atoms in total. The summed E-state index contributed by atoms with van der Waals surface area (Å²) in [6.07, 6.45) is 0.783. The molecule has 38 heavy (non-hydrogen) atoms. The SMILES string of the molecule is Clc1ccccc1Cc1ccc2cc3ccc(OCc4ccccc4)c(OCc4ccccc4)c3cc2c1. The van der Waals surface area contributed by atoms with Gasteiger partial charge in [0.2, 0.25) is 0 Å². The van der Waals surface area contributed by atoms with Gasteiger partial charge in [0.25, 0.3) is 0 Å². The Labute approximate surface area is 228 Å². The van der Waals surface area contributed by atoms with Crippen LogP contribution in [0.2, 0.25) is 5.02 Å². The minimum atomic E-state index is 0.465. The van der Waals surface area contributed by atoms with Gasteiger partial charge in [0.1, 0.15) is 13.2 Å². The minimum absolute atomic E-state index is 0.465. The highest BCUT2D eigenvalue weighted by Gasteiger charge is 2.13. The standard InChI is InChI=1S/C35H27ClO2/c36-33-14-8-7-13-30(33)19-27-15-16-28-21-29-17-18-34(37-23-25-9-3-1-4-10-25)35(32(29)22-31(28)20-27)38-24-26-11-5-2-6-12-26/h1-18,20-22H,19,23-24H2. The molecule has 0 aromatic heterocycles. The largest absolute Gasteiger partial charge is 0.485 e. The van der Waals surface area contributed by atoms with Gasteiger partial charge in [0.05, 0.1) is 0 Å². The Bertz CT molecular complexity index is 1690. The van der Waals surface area contributed by atoms with Crippen LogP contribution in [0.3, 0.4) is 0 Å².